The zero-order valence-corrected chi connectivity index (χ0v) is 9.99. The Morgan fingerprint density at radius 2 is 2.19 bits per heavy atom. The second kappa shape index (κ2) is 7.00. The lowest BCUT2D eigenvalue weighted by atomic mass is 10.3. The van der Waals surface area contributed by atoms with Crippen molar-refractivity contribution in [3.8, 4) is 0 Å². The van der Waals surface area contributed by atoms with Gasteiger partial charge in [0.05, 0.1) is 6.33 Å². The van der Waals surface area contributed by atoms with Crippen LogP contribution in [-0.2, 0) is 0 Å². The highest BCUT2D eigenvalue weighted by atomic mass is 16.1. The van der Waals surface area contributed by atoms with Crippen molar-refractivity contribution in [3.63, 3.8) is 0 Å². The normalized spacial score (nSPS) is 10.7. The summed E-state index contributed by atoms with van der Waals surface area (Å²) in [5.74, 6) is 0.642. The number of aromatic nitrogens is 2. The average molecular weight is 224 g/mol. The number of nitrogens with one attached hydrogen (secondary N) is 2. The summed E-state index contributed by atoms with van der Waals surface area (Å²) in [5.41, 5.74) is -0.124. The molecular weight excluding hydrogens is 204 g/mol. The van der Waals surface area contributed by atoms with E-state index in [9.17, 15) is 4.79 Å². The Kier molecular flexibility index (Phi) is 5.56. The number of rotatable bonds is 7. The molecule has 1 aromatic heterocycles. The molecule has 0 aromatic carbocycles. The Labute approximate surface area is 95.9 Å². The summed E-state index contributed by atoms with van der Waals surface area (Å²) in [6, 6.07) is 1.47. The molecule has 2 N–H and O–H groups in total. The second-order valence-corrected chi connectivity index (χ2v) is 3.60. The molecule has 1 rings (SSSR count). The maximum atomic E-state index is 11.0. The van der Waals surface area contributed by atoms with E-state index in [1.165, 1.54) is 12.4 Å². The summed E-state index contributed by atoms with van der Waals surface area (Å²) in [6.07, 6.45) is 2.46. The van der Waals surface area contributed by atoms with Crippen LogP contribution in [0.3, 0.4) is 0 Å². The second-order valence-electron chi connectivity index (χ2n) is 3.60. The third-order valence-electron chi connectivity index (χ3n) is 2.53. The Balaban J connectivity index is 2.23. The van der Waals surface area contributed by atoms with Crippen molar-refractivity contribution >= 4 is 5.82 Å². The molecule has 0 unspecified atom stereocenters. The molecule has 0 bridgehead atoms. The zero-order valence-electron chi connectivity index (χ0n) is 9.99. The van der Waals surface area contributed by atoms with E-state index in [1.54, 1.807) is 0 Å². The van der Waals surface area contributed by atoms with Crippen LogP contribution in [0.5, 0.6) is 0 Å². The van der Waals surface area contributed by atoms with E-state index in [0.29, 0.717) is 5.82 Å². The number of nitrogens with zero attached hydrogens (tertiary/aromatic N) is 2. The van der Waals surface area contributed by atoms with E-state index in [0.717, 1.165) is 32.6 Å². The number of hydrogen-bond acceptors (Lipinski definition) is 4. The van der Waals surface area contributed by atoms with Crippen LogP contribution in [0.15, 0.2) is 17.2 Å². The maximum absolute atomic E-state index is 11.0. The van der Waals surface area contributed by atoms with Crippen molar-refractivity contribution in [2.45, 2.75) is 20.3 Å². The van der Waals surface area contributed by atoms with Crippen molar-refractivity contribution in [3.05, 3.63) is 22.7 Å². The van der Waals surface area contributed by atoms with Gasteiger partial charge in [-0.3, -0.25) is 4.79 Å². The highest BCUT2D eigenvalue weighted by Gasteiger charge is 1.98. The smallest absolute Gasteiger partial charge is 0.252 e. The molecule has 0 saturated carbocycles. The maximum Gasteiger partial charge on any atom is 0.252 e. The molecule has 0 fully saturated rings. The standard InChI is InChI=1S/C11H20N4O/c1-3-15(4-2)7-5-6-12-10-8-11(16)14-9-13-10/h8-9H,3-7H2,1-2H3,(H2,12,13,14,16). The van der Waals surface area contributed by atoms with Crippen LogP contribution in [0.4, 0.5) is 5.82 Å². The molecule has 16 heavy (non-hydrogen) atoms. The Hall–Kier alpha value is -1.36. The minimum Gasteiger partial charge on any atom is -0.370 e. The van der Waals surface area contributed by atoms with Gasteiger partial charge in [-0.2, -0.15) is 0 Å². The van der Waals surface area contributed by atoms with Gasteiger partial charge < -0.3 is 15.2 Å². The molecule has 0 aliphatic rings. The quantitative estimate of drug-likeness (QED) is 0.676. The number of hydrogen-bond donors (Lipinski definition) is 2. The van der Waals surface area contributed by atoms with Crippen LogP contribution in [0.1, 0.15) is 20.3 Å². The molecule has 0 aliphatic carbocycles. The number of aromatic amines is 1. The molecule has 0 atom stereocenters. The zero-order chi connectivity index (χ0) is 11.8. The average Bonchev–Trinajstić information content (AvgIpc) is 2.29. The summed E-state index contributed by atoms with van der Waals surface area (Å²) in [7, 11) is 0. The monoisotopic (exact) mass is 224 g/mol. The van der Waals surface area contributed by atoms with E-state index in [-0.39, 0.29) is 5.56 Å². The highest BCUT2D eigenvalue weighted by molar-refractivity contribution is 5.31. The van der Waals surface area contributed by atoms with Crippen LogP contribution >= 0.6 is 0 Å². The Bertz CT molecular complexity index is 346. The van der Waals surface area contributed by atoms with E-state index in [2.05, 4.69) is 34.0 Å². The fourth-order valence-electron chi connectivity index (χ4n) is 1.52. The predicted molar refractivity (Wildman–Crippen MR) is 65.8 cm³/mol. The Morgan fingerprint density at radius 1 is 1.44 bits per heavy atom. The first kappa shape index (κ1) is 12.7. The van der Waals surface area contributed by atoms with Gasteiger partial charge >= 0.3 is 0 Å². The van der Waals surface area contributed by atoms with E-state index >= 15 is 0 Å². The topological polar surface area (TPSA) is 61.0 Å². The van der Waals surface area contributed by atoms with Gasteiger partial charge in [-0.1, -0.05) is 13.8 Å². The van der Waals surface area contributed by atoms with Crippen LogP contribution in [0, 0.1) is 0 Å². The summed E-state index contributed by atoms with van der Waals surface area (Å²) in [4.78, 5) is 19.8. The van der Waals surface area contributed by atoms with Crippen molar-refractivity contribution < 1.29 is 0 Å². The van der Waals surface area contributed by atoms with E-state index in [4.69, 9.17) is 0 Å². The van der Waals surface area contributed by atoms with Crippen LogP contribution in [0.2, 0.25) is 0 Å². The summed E-state index contributed by atoms with van der Waals surface area (Å²) in [5, 5.41) is 3.13. The molecule has 0 spiro atoms. The predicted octanol–water partition coefficient (Wildman–Crippen LogP) is 0.914. The van der Waals surface area contributed by atoms with Gasteiger partial charge in [0.2, 0.25) is 0 Å². The largest absolute Gasteiger partial charge is 0.370 e. The SMILES string of the molecule is CCN(CC)CCCNc1cc(=O)[nH]cn1. The summed E-state index contributed by atoms with van der Waals surface area (Å²) < 4.78 is 0. The minimum absolute atomic E-state index is 0.124. The van der Waals surface area contributed by atoms with Gasteiger partial charge in [-0.05, 0) is 26.1 Å². The van der Waals surface area contributed by atoms with Gasteiger partial charge in [0, 0.05) is 12.6 Å². The third-order valence-corrected chi connectivity index (χ3v) is 2.53. The number of anilines is 1. The minimum atomic E-state index is -0.124. The van der Waals surface area contributed by atoms with Gasteiger partial charge in [0.25, 0.3) is 5.56 Å². The van der Waals surface area contributed by atoms with Crippen molar-refractivity contribution in [1.29, 1.82) is 0 Å². The Morgan fingerprint density at radius 3 is 2.81 bits per heavy atom. The molecule has 0 radical (unpaired) electrons. The van der Waals surface area contributed by atoms with Gasteiger partial charge in [-0.15, -0.1) is 0 Å². The first-order valence-electron chi connectivity index (χ1n) is 5.77. The van der Waals surface area contributed by atoms with Crippen LogP contribution < -0.4 is 10.9 Å². The molecule has 1 aromatic rings. The molecule has 5 heteroatoms. The van der Waals surface area contributed by atoms with Gasteiger partial charge in [-0.25, -0.2) is 4.98 Å². The summed E-state index contributed by atoms with van der Waals surface area (Å²) in [6.45, 7) is 8.40. The van der Waals surface area contributed by atoms with E-state index < -0.39 is 0 Å². The lowest BCUT2D eigenvalue weighted by molar-refractivity contribution is 0.303. The highest BCUT2D eigenvalue weighted by Crippen LogP contribution is 1.96. The molecule has 5 nitrogen and oxygen atoms in total. The lowest BCUT2D eigenvalue weighted by Gasteiger charge is -2.17. The van der Waals surface area contributed by atoms with Crippen molar-refractivity contribution in [2.75, 3.05) is 31.5 Å². The van der Waals surface area contributed by atoms with Crippen molar-refractivity contribution in [1.82, 2.24) is 14.9 Å². The third kappa shape index (κ3) is 4.44. The van der Waals surface area contributed by atoms with E-state index in [1.807, 2.05) is 0 Å². The number of H-pyrrole nitrogens is 1. The first-order chi connectivity index (χ1) is 7.76. The summed E-state index contributed by atoms with van der Waals surface area (Å²) >= 11 is 0. The molecule has 0 saturated heterocycles. The molecule has 1 heterocycles. The molecule has 0 aliphatic heterocycles. The van der Waals surface area contributed by atoms with Gasteiger partial charge in [0.15, 0.2) is 0 Å². The lowest BCUT2D eigenvalue weighted by Crippen LogP contribution is -2.25. The fourth-order valence-corrected chi connectivity index (χ4v) is 1.52. The van der Waals surface area contributed by atoms with Crippen LogP contribution in [-0.4, -0.2) is 41.0 Å². The fraction of sp³-hybridized carbons (Fsp3) is 0.636. The molecule has 90 valence electrons. The molecule has 0 amide bonds. The molecular formula is C11H20N4O. The van der Waals surface area contributed by atoms with Crippen molar-refractivity contribution in [2.24, 2.45) is 0 Å². The van der Waals surface area contributed by atoms with Crippen LogP contribution in [0.25, 0.3) is 0 Å². The first-order valence-corrected chi connectivity index (χ1v) is 5.77. The van der Waals surface area contributed by atoms with Gasteiger partial charge in [0.1, 0.15) is 5.82 Å².